The van der Waals surface area contributed by atoms with Crippen molar-refractivity contribution < 1.29 is 14.3 Å². The van der Waals surface area contributed by atoms with Crippen molar-refractivity contribution in [3.8, 4) is 5.75 Å². The lowest BCUT2D eigenvalue weighted by atomic mass is 9.91. The molecule has 0 amide bonds. The number of thiazole rings is 1. The third-order valence-corrected chi connectivity index (χ3v) is 8.98. The van der Waals surface area contributed by atoms with E-state index in [1.54, 1.807) is 18.6 Å². The summed E-state index contributed by atoms with van der Waals surface area (Å²) in [7, 11) is 1.60. The zero-order chi connectivity index (χ0) is 29.3. The van der Waals surface area contributed by atoms with Gasteiger partial charge in [-0.2, -0.15) is 0 Å². The highest BCUT2D eigenvalue weighted by Gasteiger charge is 2.35. The molecule has 5 rings (SSSR count). The molecule has 2 heterocycles. The average molecular weight is 696 g/mol. The average Bonchev–Trinajstić information content (AvgIpc) is 3.26. The number of fused-ring (bicyclic) bond motifs is 1. The van der Waals surface area contributed by atoms with Gasteiger partial charge in [0.05, 0.1) is 44.5 Å². The topological polar surface area (TPSA) is 69.9 Å². The van der Waals surface area contributed by atoms with E-state index < -0.39 is 12.0 Å². The van der Waals surface area contributed by atoms with Crippen molar-refractivity contribution >= 4 is 60.9 Å². The van der Waals surface area contributed by atoms with Gasteiger partial charge < -0.3 is 9.47 Å². The van der Waals surface area contributed by atoms with Crippen molar-refractivity contribution in [1.29, 1.82) is 0 Å². The Kier molecular flexibility index (Phi) is 8.77. The van der Waals surface area contributed by atoms with Gasteiger partial charge in [-0.25, -0.2) is 9.79 Å². The van der Waals surface area contributed by atoms with E-state index in [-0.39, 0.29) is 12.2 Å². The fourth-order valence-electron chi connectivity index (χ4n) is 4.83. The van der Waals surface area contributed by atoms with Gasteiger partial charge in [0.2, 0.25) is 0 Å². The van der Waals surface area contributed by atoms with E-state index in [2.05, 4.69) is 45.7 Å². The summed E-state index contributed by atoms with van der Waals surface area (Å²) in [4.78, 5) is 33.1. The van der Waals surface area contributed by atoms with Crippen molar-refractivity contribution in [3.63, 3.8) is 0 Å². The van der Waals surface area contributed by atoms with Gasteiger partial charge in [-0.05, 0) is 79.6 Å². The Morgan fingerprint density at radius 2 is 1.73 bits per heavy atom. The quantitative estimate of drug-likeness (QED) is 0.205. The summed E-state index contributed by atoms with van der Waals surface area (Å²) in [5.41, 5.74) is 4.17. The van der Waals surface area contributed by atoms with Crippen LogP contribution in [0.2, 0.25) is 0 Å². The molecule has 1 aliphatic heterocycles. The lowest BCUT2D eigenvalue weighted by Gasteiger charge is -2.26. The van der Waals surface area contributed by atoms with Crippen LogP contribution in [-0.4, -0.2) is 24.3 Å². The summed E-state index contributed by atoms with van der Waals surface area (Å²) in [6, 6.07) is 20.7. The molecule has 4 aromatic rings. The maximum atomic E-state index is 14.1. The molecule has 0 spiro atoms. The van der Waals surface area contributed by atoms with Crippen LogP contribution in [0.25, 0.3) is 11.8 Å². The molecule has 0 aliphatic carbocycles. The maximum absolute atomic E-state index is 14.1. The molecule has 1 aromatic heterocycles. The number of nitrogens with zero attached hydrogens (tertiary/aromatic N) is 2. The number of aromatic nitrogens is 1. The molecule has 0 saturated carbocycles. The van der Waals surface area contributed by atoms with Gasteiger partial charge in [0.25, 0.3) is 5.56 Å². The number of hydrogen-bond acceptors (Lipinski definition) is 6. The standard InChI is InChI=1S/C32H28Br2N2O4S/c1-5-40-31(38)26-27(21-9-7-6-8-10-21)35-32-36(28(26)22-13-11-20(12-14-22)18(2)3)30(37)25(41-32)17-19-15-23(33)29(39-4)24(34)16-19/h6-18,28H,5H2,1-4H3/b25-17-/t28-/m0/s1. The molecule has 1 atom stereocenters. The van der Waals surface area contributed by atoms with Gasteiger partial charge in [0, 0.05) is 5.56 Å². The minimum Gasteiger partial charge on any atom is -0.494 e. The molecule has 210 valence electrons. The number of ether oxygens (including phenoxy) is 2. The minimum absolute atomic E-state index is 0.203. The van der Waals surface area contributed by atoms with Crippen LogP contribution in [0, 0.1) is 0 Å². The van der Waals surface area contributed by atoms with Crippen LogP contribution in [0.15, 0.2) is 91.0 Å². The van der Waals surface area contributed by atoms with Gasteiger partial charge in [-0.3, -0.25) is 9.36 Å². The Balaban J connectivity index is 1.80. The third-order valence-electron chi connectivity index (χ3n) is 6.82. The molecule has 0 fully saturated rings. The Hall–Kier alpha value is -3.27. The summed E-state index contributed by atoms with van der Waals surface area (Å²) in [5.74, 6) is 0.513. The molecule has 3 aromatic carbocycles. The highest BCUT2D eigenvalue weighted by atomic mass is 79.9. The van der Waals surface area contributed by atoms with Crippen LogP contribution >= 0.6 is 43.2 Å². The predicted molar refractivity (Wildman–Crippen MR) is 170 cm³/mol. The summed E-state index contributed by atoms with van der Waals surface area (Å²) < 4.78 is 14.6. The lowest BCUT2D eigenvalue weighted by Crippen LogP contribution is -2.40. The normalized spacial score (nSPS) is 15.1. The van der Waals surface area contributed by atoms with E-state index in [0.29, 0.717) is 32.3 Å². The van der Waals surface area contributed by atoms with E-state index in [1.807, 2.05) is 72.8 Å². The lowest BCUT2D eigenvalue weighted by molar-refractivity contribution is -0.138. The highest BCUT2D eigenvalue weighted by molar-refractivity contribution is 9.11. The minimum atomic E-state index is -0.710. The van der Waals surface area contributed by atoms with Crippen LogP contribution in [0.3, 0.4) is 0 Å². The van der Waals surface area contributed by atoms with Gasteiger partial charge in [-0.1, -0.05) is 79.8 Å². The number of rotatable bonds is 7. The largest absolute Gasteiger partial charge is 0.494 e. The molecule has 0 bridgehead atoms. The monoisotopic (exact) mass is 694 g/mol. The van der Waals surface area contributed by atoms with E-state index >= 15 is 0 Å². The van der Waals surface area contributed by atoms with E-state index in [0.717, 1.165) is 25.6 Å². The number of methoxy groups -OCH3 is 1. The van der Waals surface area contributed by atoms with E-state index in [4.69, 9.17) is 14.5 Å². The molecule has 0 unspecified atom stereocenters. The molecule has 1 aliphatic rings. The second-order valence-corrected chi connectivity index (χ2v) is 12.5. The number of benzene rings is 3. The van der Waals surface area contributed by atoms with Crippen molar-refractivity contribution in [2.45, 2.75) is 32.7 Å². The Bertz CT molecular complexity index is 1800. The molecule has 6 nitrogen and oxygen atoms in total. The molecule has 0 N–H and O–H groups in total. The van der Waals surface area contributed by atoms with Crippen molar-refractivity contribution in [1.82, 2.24) is 4.57 Å². The maximum Gasteiger partial charge on any atom is 0.338 e. The van der Waals surface area contributed by atoms with Crippen LogP contribution < -0.4 is 19.6 Å². The number of esters is 1. The smallest absolute Gasteiger partial charge is 0.338 e. The second-order valence-electron chi connectivity index (χ2n) is 9.77. The number of hydrogen-bond donors (Lipinski definition) is 0. The summed E-state index contributed by atoms with van der Waals surface area (Å²) >= 11 is 8.38. The summed E-state index contributed by atoms with van der Waals surface area (Å²) in [5, 5.41) is 0. The molecule has 9 heteroatoms. The highest BCUT2D eigenvalue weighted by Crippen LogP contribution is 2.36. The van der Waals surface area contributed by atoms with Gasteiger partial charge >= 0.3 is 5.97 Å². The predicted octanol–water partition coefficient (Wildman–Crippen LogP) is 6.59. The zero-order valence-corrected chi connectivity index (χ0v) is 27.0. The third kappa shape index (κ3) is 5.76. The Morgan fingerprint density at radius 3 is 2.32 bits per heavy atom. The van der Waals surface area contributed by atoms with E-state index in [9.17, 15) is 9.59 Å². The first-order chi connectivity index (χ1) is 19.7. The van der Waals surface area contributed by atoms with Crippen molar-refractivity contribution in [2.75, 3.05) is 13.7 Å². The number of halogens is 2. The summed E-state index contributed by atoms with van der Waals surface area (Å²) in [6.45, 7) is 6.24. The first kappa shape index (κ1) is 29.2. The van der Waals surface area contributed by atoms with Crippen LogP contribution in [0.4, 0.5) is 0 Å². The van der Waals surface area contributed by atoms with Gasteiger partial charge in [0.1, 0.15) is 5.75 Å². The first-order valence-corrected chi connectivity index (χ1v) is 15.5. The van der Waals surface area contributed by atoms with Crippen molar-refractivity contribution in [3.05, 3.63) is 123 Å². The number of carbonyl (C=O) groups excluding carboxylic acids is 1. The molecule has 0 saturated heterocycles. The Labute approximate surface area is 258 Å². The van der Waals surface area contributed by atoms with Crippen LogP contribution in [0.5, 0.6) is 5.75 Å². The fourth-order valence-corrected chi connectivity index (χ4v) is 7.37. The van der Waals surface area contributed by atoms with E-state index in [1.165, 1.54) is 16.9 Å². The number of carbonyl (C=O) groups is 1. The van der Waals surface area contributed by atoms with Crippen molar-refractivity contribution in [2.24, 2.45) is 4.99 Å². The SMILES string of the molecule is CCOC(=O)C1=C(c2ccccc2)N=c2s/c(=C\c3cc(Br)c(OC)c(Br)c3)c(=O)n2[C@H]1c1ccc(C(C)C)cc1. The zero-order valence-electron chi connectivity index (χ0n) is 23.0. The van der Waals surface area contributed by atoms with Crippen LogP contribution in [-0.2, 0) is 9.53 Å². The Morgan fingerprint density at radius 1 is 1.07 bits per heavy atom. The molecule has 0 radical (unpaired) electrons. The first-order valence-electron chi connectivity index (χ1n) is 13.1. The fraction of sp³-hybridized carbons (Fsp3) is 0.219. The molecule has 41 heavy (non-hydrogen) atoms. The van der Waals surface area contributed by atoms with Crippen LogP contribution in [0.1, 0.15) is 55.0 Å². The van der Waals surface area contributed by atoms with Gasteiger partial charge in [-0.15, -0.1) is 0 Å². The molecular formula is C32H28Br2N2O4S. The summed E-state index contributed by atoms with van der Waals surface area (Å²) in [6.07, 6.45) is 1.83. The molecular weight excluding hydrogens is 668 g/mol. The second kappa shape index (κ2) is 12.3. The van der Waals surface area contributed by atoms with Gasteiger partial charge in [0.15, 0.2) is 4.80 Å².